The molecule has 1 aromatic heterocycles. The Hall–Kier alpha value is -2.07. The lowest BCUT2D eigenvalue weighted by molar-refractivity contribution is -0.389. The van der Waals surface area contributed by atoms with Crippen molar-refractivity contribution in [2.75, 3.05) is 0 Å². The minimum Gasteiger partial charge on any atom is -0.358 e. The summed E-state index contributed by atoms with van der Waals surface area (Å²) in [5.74, 6) is -6.41. The standard InChI is InChI=1S/C9H8F5N3O3/c10-8(11,9(12,13)14)2-1-6(18)3-16-4-7(15-5-16)17(19)20/h4-5H,1-3H2/i12-1. The summed E-state index contributed by atoms with van der Waals surface area (Å²) in [5, 5.41) is 10.3. The number of carbonyl (C=O) groups excluding carboxylic acids is 1. The van der Waals surface area contributed by atoms with Crippen molar-refractivity contribution in [1.82, 2.24) is 9.55 Å². The molecule has 1 aromatic rings. The summed E-state index contributed by atoms with van der Waals surface area (Å²) in [5.41, 5.74) is 0. The predicted molar refractivity (Wildman–Crippen MR) is 54.1 cm³/mol. The zero-order valence-corrected chi connectivity index (χ0v) is 9.73. The maximum atomic E-state index is 12.6. The first-order valence-electron chi connectivity index (χ1n) is 5.15. The fourth-order valence-electron chi connectivity index (χ4n) is 1.25. The molecule has 0 bridgehead atoms. The molecule has 0 radical (unpaired) electrons. The lowest BCUT2D eigenvalue weighted by Crippen LogP contribution is -2.36. The van der Waals surface area contributed by atoms with Crippen LogP contribution in [0.15, 0.2) is 12.5 Å². The van der Waals surface area contributed by atoms with Crippen LogP contribution in [0.2, 0.25) is 0 Å². The molecule has 0 aliphatic rings. The van der Waals surface area contributed by atoms with E-state index in [9.17, 15) is 36.9 Å². The minimum absolute atomic E-state index is 0.557. The number of alkyl halides is 5. The third-order valence-electron chi connectivity index (χ3n) is 2.30. The van der Waals surface area contributed by atoms with Gasteiger partial charge in [0.05, 0.1) is 6.54 Å². The van der Waals surface area contributed by atoms with Gasteiger partial charge in [-0.2, -0.15) is 22.0 Å². The van der Waals surface area contributed by atoms with Gasteiger partial charge in [0.15, 0.2) is 5.78 Å². The number of halogens is 5. The molecule has 0 fully saturated rings. The summed E-state index contributed by atoms with van der Waals surface area (Å²) in [7, 11) is 0. The van der Waals surface area contributed by atoms with E-state index in [2.05, 4.69) is 4.98 Å². The van der Waals surface area contributed by atoms with E-state index in [0.717, 1.165) is 17.1 Å². The van der Waals surface area contributed by atoms with Gasteiger partial charge >= 0.3 is 17.9 Å². The number of hydrogen-bond acceptors (Lipinski definition) is 4. The molecular weight excluding hydrogens is 292 g/mol. The third kappa shape index (κ3) is 3.96. The van der Waals surface area contributed by atoms with E-state index in [4.69, 9.17) is 0 Å². The first-order chi connectivity index (χ1) is 9.03. The number of aromatic nitrogens is 2. The van der Waals surface area contributed by atoms with E-state index in [-0.39, 0.29) is 0 Å². The molecule has 1 heterocycles. The van der Waals surface area contributed by atoms with Crippen molar-refractivity contribution < 1.29 is 31.7 Å². The highest BCUT2D eigenvalue weighted by Gasteiger charge is 2.56. The van der Waals surface area contributed by atoms with E-state index in [1.165, 1.54) is 0 Å². The molecule has 1 rings (SSSR count). The summed E-state index contributed by atoms with van der Waals surface area (Å²) in [4.78, 5) is 24.0. The molecule has 11 heteroatoms. The number of nitro groups is 1. The second kappa shape index (κ2) is 5.51. The Morgan fingerprint density at radius 2 is 1.95 bits per heavy atom. The van der Waals surface area contributed by atoms with Crippen molar-refractivity contribution in [1.29, 1.82) is 0 Å². The molecule has 0 unspecified atom stereocenters. The number of ketones is 1. The van der Waals surface area contributed by atoms with E-state index < -0.39 is 48.0 Å². The molecule has 0 saturated carbocycles. The number of imidazole rings is 1. The highest BCUT2D eigenvalue weighted by atomic mass is 19.3. The molecule has 0 aromatic carbocycles. The molecule has 0 aliphatic heterocycles. The Morgan fingerprint density at radius 1 is 1.35 bits per heavy atom. The second-order valence-electron chi connectivity index (χ2n) is 3.90. The fourth-order valence-corrected chi connectivity index (χ4v) is 1.25. The van der Waals surface area contributed by atoms with Gasteiger partial charge in [0.2, 0.25) is 6.33 Å². The highest BCUT2D eigenvalue weighted by molar-refractivity contribution is 5.78. The number of nitrogens with zero attached hydrogens (tertiary/aromatic N) is 3. The van der Waals surface area contributed by atoms with Crippen LogP contribution in [0.25, 0.3) is 0 Å². The van der Waals surface area contributed by atoms with Crippen LogP contribution in [0.3, 0.4) is 0 Å². The second-order valence-corrected chi connectivity index (χ2v) is 3.90. The molecule has 0 N–H and O–H groups in total. The van der Waals surface area contributed by atoms with Gasteiger partial charge in [0.1, 0.15) is 6.20 Å². The molecule has 20 heavy (non-hydrogen) atoms. The zero-order chi connectivity index (χ0) is 15.6. The Morgan fingerprint density at radius 3 is 2.40 bits per heavy atom. The Labute approximate surface area is 108 Å². The van der Waals surface area contributed by atoms with Gasteiger partial charge in [0.25, 0.3) is 0 Å². The summed E-state index contributed by atoms with van der Waals surface area (Å²) in [6, 6.07) is 0. The molecule has 6 nitrogen and oxygen atoms in total. The van der Waals surface area contributed by atoms with Gasteiger partial charge in [0, 0.05) is 12.8 Å². The van der Waals surface area contributed by atoms with Gasteiger partial charge in [-0.05, 0) is 9.91 Å². The van der Waals surface area contributed by atoms with Crippen molar-refractivity contribution in [3.8, 4) is 0 Å². The minimum atomic E-state index is -5.71. The van der Waals surface area contributed by atoms with Crippen LogP contribution >= 0.6 is 0 Å². The van der Waals surface area contributed by atoms with E-state index in [1.54, 1.807) is 0 Å². The van der Waals surface area contributed by atoms with Gasteiger partial charge < -0.3 is 14.7 Å². The Bertz CT molecular complexity index is 511. The number of carbonyl (C=O) groups is 1. The Balaban J connectivity index is 2.54. The first-order valence-corrected chi connectivity index (χ1v) is 5.15. The summed E-state index contributed by atoms with van der Waals surface area (Å²) >= 11 is 0. The van der Waals surface area contributed by atoms with Crippen molar-refractivity contribution in [3.63, 3.8) is 0 Å². The largest absolute Gasteiger partial charge is 0.453 e. The van der Waals surface area contributed by atoms with Crippen LogP contribution in [0.5, 0.6) is 0 Å². The highest BCUT2D eigenvalue weighted by Crippen LogP contribution is 2.38. The smallest absolute Gasteiger partial charge is 0.358 e. The SMILES string of the molecule is O=C(CCC(F)(F)C(F)(F)[18F])Cn1cnc([N+](=O)[O-])c1. The van der Waals surface area contributed by atoms with Crippen molar-refractivity contribution in [3.05, 3.63) is 22.6 Å². The zero-order valence-electron chi connectivity index (χ0n) is 9.73. The van der Waals surface area contributed by atoms with E-state index in [0.29, 0.717) is 0 Å². The van der Waals surface area contributed by atoms with Gasteiger partial charge in [-0.1, -0.05) is 0 Å². The van der Waals surface area contributed by atoms with Gasteiger partial charge in [-0.3, -0.25) is 4.79 Å². The van der Waals surface area contributed by atoms with Crippen molar-refractivity contribution in [2.24, 2.45) is 0 Å². The third-order valence-corrected chi connectivity index (χ3v) is 2.30. The summed E-state index contributed by atoms with van der Waals surface area (Å²) in [6.07, 6.45) is -6.58. The fraction of sp³-hybridized carbons (Fsp3) is 0.556. The van der Waals surface area contributed by atoms with Crippen LogP contribution < -0.4 is 0 Å². The van der Waals surface area contributed by atoms with Crippen LogP contribution in [0.1, 0.15) is 12.8 Å². The first kappa shape index (κ1) is 16.0. The topological polar surface area (TPSA) is 78.0 Å². The molecule has 112 valence electrons. The van der Waals surface area contributed by atoms with E-state index in [1.807, 2.05) is 0 Å². The average molecular weight is 300 g/mol. The summed E-state index contributed by atoms with van der Waals surface area (Å²) < 4.78 is 61.6. The normalized spacial score (nSPS) is 12.4. The quantitative estimate of drug-likeness (QED) is 0.459. The molecule has 0 spiro atoms. The van der Waals surface area contributed by atoms with Gasteiger partial charge in [-0.25, -0.2) is 0 Å². The van der Waals surface area contributed by atoms with Crippen molar-refractivity contribution >= 4 is 11.6 Å². The molecule has 0 aliphatic carbocycles. The molecule has 0 amide bonds. The number of rotatable bonds is 6. The van der Waals surface area contributed by atoms with E-state index >= 15 is 0 Å². The van der Waals surface area contributed by atoms with Crippen molar-refractivity contribution in [2.45, 2.75) is 31.5 Å². The molecule has 0 saturated heterocycles. The van der Waals surface area contributed by atoms with Crippen LogP contribution in [0.4, 0.5) is 27.8 Å². The molecule has 0 atom stereocenters. The van der Waals surface area contributed by atoms with Crippen LogP contribution in [-0.4, -0.2) is 32.4 Å². The maximum absolute atomic E-state index is 12.6. The monoisotopic (exact) mass is 300 g/mol. The summed E-state index contributed by atoms with van der Waals surface area (Å²) in [6.45, 7) is -0.561. The Kier molecular flexibility index (Phi) is 4.40. The number of Topliss-reactive ketones (excluding diaryl/α,β-unsaturated/α-hetero) is 1. The lowest BCUT2D eigenvalue weighted by atomic mass is 10.1. The maximum Gasteiger partial charge on any atom is 0.453 e. The number of hydrogen-bond donors (Lipinski definition) is 0. The van der Waals surface area contributed by atoms with Crippen LogP contribution in [0, 0.1) is 10.1 Å². The lowest BCUT2D eigenvalue weighted by Gasteiger charge is -2.18. The average Bonchev–Trinajstić information content (AvgIpc) is 2.73. The van der Waals surface area contributed by atoms with Crippen LogP contribution in [-0.2, 0) is 11.3 Å². The molecular formula is C9H8F5N3O3. The predicted octanol–water partition coefficient (Wildman–Crippen LogP) is 2.34. The van der Waals surface area contributed by atoms with Gasteiger partial charge in [-0.15, -0.1) is 0 Å².